The molecule has 3 nitrogen and oxygen atoms in total. The molecule has 1 radical (unpaired) electrons. The van der Waals surface area contributed by atoms with Crippen molar-refractivity contribution in [3.05, 3.63) is 44.5 Å². The third-order valence-corrected chi connectivity index (χ3v) is 2.91. The van der Waals surface area contributed by atoms with Gasteiger partial charge in [0.15, 0.2) is 0 Å². The second-order valence-electron chi connectivity index (χ2n) is 2.31. The van der Waals surface area contributed by atoms with Gasteiger partial charge in [-0.05, 0) is 0 Å². The highest BCUT2D eigenvalue weighted by molar-refractivity contribution is 7.89. The van der Waals surface area contributed by atoms with Crippen LogP contribution in [-0.4, -0.2) is 25.0 Å². The SMILES string of the molecule is C=C[CH]N(CC=C)S(=O)(=O)CC=C. The van der Waals surface area contributed by atoms with Crippen LogP contribution in [0.5, 0.6) is 0 Å². The average molecular weight is 200 g/mol. The van der Waals surface area contributed by atoms with Crippen LogP contribution in [0.1, 0.15) is 0 Å². The quantitative estimate of drug-likeness (QED) is 0.581. The first kappa shape index (κ1) is 12.1. The lowest BCUT2D eigenvalue weighted by Gasteiger charge is -2.16. The lowest BCUT2D eigenvalue weighted by Crippen LogP contribution is -2.29. The Hall–Kier alpha value is -0.870. The van der Waals surface area contributed by atoms with Crippen molar-refractivity contribution < 1.29 is 8.42 Å². The van der Waals surface area contributed by atoms with Gasteiger partial charge in [-0.2, -0.15) is 4.31 Å². The molecule has 0 amide bonds. The molecule has 4 heteroatoms. The van der Waals surface area contributed by atoms with Crippen molar-refractivity contribution in [1.29, 1.82) is 0 Å². The van der Waals surface area contributed by atoms with Gasteiger partial charge in [0.25, 0.3) is 0 Å². The standard InChI is InChI=1S/C9H14NO2S/c1-4-7-10(8-5-2)13(11,12)9-6-3/h4-7H,1-3,8-9H2. The molecular weight excluding hydrogens is 186 g/mol. The third kappa shape index (κ3) is 4.05. The van der Waals surface area contributed by atoms with Crippen molar-refractivity contribution in [1.82, 2.24) is 4.31 Å². The largest absolute Gasteiger partial charge is 0.218 e. The van der Waals surface area contributed by atoms with E-state index in [9.17, 15) is 8.42 Å². The van der Waals surface area contributed by atoms with Gasteiger partial charge in [0.1, 0.15) is 0 Å². The van der Waals surface area contributed by atoms with Crippen LogP contribution in [-0.2, 0) is 10.0 Å². The molecule has 0 aliphatic heterocycles. The maximum absolute atomic E-state index is 11.4. The van der Waals surface area contributed by atoms with E-state index in [0.29, 0.717) is 0 Å². The van der Waals surface area contributed by atoms with Crippen LogP contribution in [0.25, 0.3) is 0 Å². The van der Waals surface area contributed by atoms with E-state index in [1.165, 1.54) is 29.1 Å². The average Bonchev–Trinajstić information content (AvgIpc) is 2.04. The number of rotatable bonds is 7. The van der Waals surface area contributed by atoms with E-state index < -0.39 is 10.0 Å². The second kappa shape index (κ2) is 5.72. The lowest BCUT2D eigenvalue weighted by molar-refractivity contribution is 0.510. The minimum atomic E-state index is -3.28. The number of hydrogen-bond donors (Lipinski definition) is 0. The molecule has 0 aromatic heterocycles. The van der Waals surface area contributed by atoms with Crippen LogP contribution in [0, 0.1) is 6.54 Å². The van der Waals surface area contributed by atoms with Crippen LogP contribution < -0.4 is 0 Å². The van der Waals surface area contributed by atoms with Gasteiger partial charge < -0.3 is 0 Å². The molecule has 0 atom stereocenters. The number of nitrogens with zero attached hydrogens (tertiary/aromatic N) is 1. The Morgan fingerprint density at radius 1 is 1.15 bits per heavy atom. The zero-order valence-corrected chi connectivity index (χ0v) is 8.33. The van der Waals surface area contributed by atoms with E-state index in [4.69, 9.17) is 0 Å². The van der Waals surface area contributed by atoms with E-state index in [1.54, 1.807) is 0 Å². The first-order valence-corrected chi connectivity index (χ1v) is 5.36. The van der Waals surface area contributed by atoms with Crippen molar-refractivity contribution in [2.45, 2.75) is 0 Å². The van der Waals surface area contributed by atoms with Gasteiger partial charge in [0, 0.05) is 6.54 Å². The molecule has 0 aliphatic rings. The molecule has 0 aromatic rings. The summed E-state index contributed by atoms with van der Waals surface area (Å²) in [4.78, 5) is 0. The smallest absolute Gasteiger partial charge is 0.212 e. The molecule has 0 aromatic carbocycles. The summed E-state index contributed by atoms with van der Waals surface area (Å²) in [6, 6.07) is 0. The summed E-state index contributed by atoms with van der Waals surface area (Å²) < 4.78 is 24.1. The Labute approximate surface area is 80.1 Å². The molecule has 0 N–H and O–H groups in total. The minimum Gasteiger partial charge on any atom is -0.212 e. The molecular formula is C9H14NO2S. The zero-order chi connectivity index (χ0) is 10.3. The van der Waals surface area contributed by atoms with E-state index in [1.807, 2.05) is 0 Å². The fourth-order valence-electron chi connectivity index (χ4n) is 0.757. The molecule has 0 bridgehead atoms. The molecule has 0 rings (SSSR count). The molecule has 0 unspecified atom stereocenters. The van der Waals surface area contributed by atoms with Gasteiger partial charge in [-0.25, -0.2) is 8.42 Å². The van der Waals surface area contributed by atoms with Crippen molar-refractivity contribution in [2.24, 2.45) is 0 Å². The summed E-state index contributed by atoms with van der Waals surface area (Å²) in [6.45, 7) is 11.9. The van der Waals surface area contributed by atoms with Crippen LogP contribution in [0.3, 0.4) is 0 Å². The predicted octanol–water partition coefficient (Wildman–Crippen LogP) is 1.34. The molecule has 0 saturated carbocycles. The van der Waals surface area contributed by atoms with Crippen molar-refractivity contribution in [2.75, 3.05) is 12.3 Å². The molecule has 0 spiro atoms. The molecule has 0 fully saturated rings. The summed E-state index contributed by atoms with van der Waals surface area (Å²) in [5, 5.41) is 0. The topological polar surface area (TPSA) is 37.4 Å². The third-order valence-electron chi connectivity index (χ3n) is 1.27. The lowest BCUT2D eigenvalue weighted by atomic mass is 10.5. The van der Waals surface area contributed by atoms with Gasteiger partial charge in [0.2, 0.25) is 10.0 Å². The van der Waals surface area contributed by atoms with Gasteiger partial charge in [-0.15, -0.1) is 19.7 Å². The van der Waals surface area contributed by atoms with E-state index in [-0.39, 0.29) is 12.3 Å². The molecule has 73 valence electrons. The van der Waals surface area contributed by atoms with Gasteiger partial charge in [0.05, 0.1) is 12.3 Å². The van der Waals surface area contributed by atoms with Crippen LogP contribution in [0.2, 0.25) is 0 Å². The Morgan fingerprint density at radius 3 is 2.15 bits per heavy atom. The Bertz CT molecular complexity index is 270. The van der Waals surface area contributed by atoms with E-state index in [0.717, 1.165) is 0 Å². The summed E-state index contributed by atoms with van der Waals surface area (Å²) in [6.07, 6.45) is 4.28. The first-order valence-electron chi connectivity index (χ1n) is 3.75. The van der Waals surface area contributed by atoms with Crippen molar-refractivity contribution in [3.63, 3.8) is 0 Å². The Kier molecular flexibility index (Phi) is 5.34. The zero-order valence-electron chi connectivity index (χ0n) is 7.52. The summed E-state index contributed by atoms with van der Waals surface area (Å²) in [5.74, 6) is -0.0782. The highest BCUT2D eigenvalue weighted by atomic mass is 32.2. The molecule has 13 heavy (non-hydrogen) atoms. The van der Waals surface area contributed by atoms with Crippen LogP contribution >= 0.6 is 0 Å². The molecule has 0 heterocycles. The monoisotopic (exact) mass is 200 g/mol. The van der Waals surface area contributed by atoms with E-state index >= 15 is 0 Å². The van der Waals surface area contributed by atoms with Gasteiger partial charge in [-0.1, -0.05) is 18.2 Å². The summed E-state index contributed by atoms with van der Waals surface area (Å²) in [7, 11) is -3.28. The highest BCUT2D eigenvalue weighted by Gasteiger charge is 2.17. The Morgan fingerprint density at radius 2 is 1.77 bits per heavy atom. The minimum absolute atomic E-state index is 0.0782. The normalized spacial score (nSPS) is 11.2. The first-order chi connectivity index (χ1) is 6.08. The fourth-order valence-corrected chi connectivity index (χ4v) is 1.85. The van der Waals surface area contributed by atoms with Crippen molar-refractivity contribution in [3.8, 4) is 0 Å². The molecule has 0 aliphatic carbocycles. The predicted molar refractivity (Wildman–Crippen MR) is 55.4 cm³/mol. The maximum atomic E-state index is 11.4. The van der Waals surface area contributed by atoms with E-state index in [2.05, 4.69) is 19.7 Å². The summed E-state index contributed by atoms with van der Waals surface area (Å²) >= 11 is 0. The molecule has 0 saturated heterocycles. The fraction of sp³-hybridized carbons (Fsp3) is 0.222. The van der Waals surface area contributed by atoms with Gasteiger partial charge >= 0.3 is 0 Å². The maximum Gasteiger partial charge on any atom is 0.218 e. The highest BCUT2D eigenvalue weighted by Crippen LogP contribution is 2.05. The van der Waals surface area contributed by atoms with Crippen LogP contribution in [0.4, 0.5) is 0 Å². The summed E-state index contributed by atoms with van der Waals surface area (Å²) in [5.41, 5.74) is 0. The van der Waals surface area contributed by atoms with Crippen molar-refractivity contribution >= 4 is 10.0 Å². The number of sulfonamides is 1. The van der Waals surface area contributed by atoms with Crippen LogP contribution in [0.15, 0.2) is 38.0 Å². The Balaban J connectivity index is 4.59. The number of hydrogen-bond acceptors (Lipinski definition) is 2. The van der Waals surface area contributed by atoms with Gasteiger partial charge in [-0.3, -0.25) is 0 Å². The second-order valence-corrected chi connectivity index (χ2v) is 4.28.